The van der Waals surface area contributed by atoms with Gasteiger partial charge in [-0.3, -0.25) is 9.59 Å². The number of nitrogens with zero attached hydrogens (tertiary/aromatic N) is 3. The van der Waals surface area contributed by atoms with E-state index in [-0.39, 0.29) is 22.9 Å². The van der Waals surface area contributed by atoms with Crippen LogP contribution in [0.1, 0.15) is 35.7 Å². The third-order valence-electron chi connectivity index (χ3n) is 5.76. The van der Waals surface area contributed by atoms with Gasteiger partial charge in [-0.25, -0.2) is 9.18 Å². The Balaban J connectivity index is 1.65. The quantitative estimate of drug-likeness (QED) is 0.771. The minimum Gasteiger partial charge on any atom is -0.477 e. The van der Waals surface area contributed by atoms with E-state index in [1.54, 1.807) is 22.6 Å². The van der Waals surface area contributed by atoms with Gasteiger partial charge in [0, 0.05) is 50.9 Å². The molecule has 0 unspecified atom stereocenters. The van der Waals surface area contributed by atoms with E-state index in [9.17, 15) is 23.9 Å². The van der Waals surface area contributed by atoms with Crippen LogP contribution in [0.5, 0.6) is 0 Å². The molecule has 1 aromatic heterocycles. The van der Waals surface area contributed by atoms with Crippen LogP contribution in [-0.2, 0) is 9.53 Å². The molecule has 0 radical (unpaired) electrons. The second-order valence-electron chi connectivity index (χ2n) is 7.75. The van der Waals surface area contributed by atoms with Crippen LogP contribution < -0.4 is 10.3 Å². The summed E-state index contributed by atoms with van der Waals surface area (Å²) in [5.74, 6) is -1.86. The SMILES string of the molecule is COCCC(=O)N1CCN(c2cc3c(cc2F)c(=O)c(C(=O)O)cn3C2CC2)CC1. The summed E-state index contributed by atoms with van der Waals surface area (Å²) in [6.07, 6.45) is 3.48. The summed E-state index contributed by atoms with van der Waals surface area (Å²) < 4.78 is 21.7. The maximum Gasteiger partial charge on any atom is 0.341 e. The Morgan fingerprint density at radius 2 is 1.90 bits per heavy atom. The van der Waals surface area contributed by atoms with Crippen LogP contribution in [0.4, 0.5) is 10.1 Å². The maximum absolute atomic E-state index is 15.0. The number of rotatable bonds is 6. The Morgan fingerprint density at radius 3 is 2.50 bits per heavy atom. The Hall–Kier alpha value is -2.94. The third-order valence-corrected chi connectivity index (χ3v) is 5.76. The zero-order valence-electron chi connectivity index (χ0n) is 16.8. The molecule has 1 N–H and O–H groups in total. The minimum absolute atomic E-state index is 0.0132. The van der Waals surface area contributed by atoms with E-state index in [0.29, 0.717) is 50.4 Å². The lowest BCUT2D eigenvalue weighted by Crippen LogP contribution is -2.49. The summed E-state index contributed by atoms with van der Waals surface area (Å²) in [7, 11) is 1.55. The number of carbonyl (C=O) groups excluding carboxylic acids is 1. The number of hydrogen-bond donors (Lipinski definition) is 1. The third kappa shape index (κ3) is 3.77. The van der Waals surface area contributed by atoms with Crippen LogP contribution in [0.25, 0.3) is 10.9 Å². The first-order valence-corrected chi connectivity index (χ1v) is 10.0. The second-order valence-corrected chi connectivity index (χ2v) is 7.75. The Kier molecular flexibility index (Phi) is 5.46. The van der Waals surface area contributed by atoms with Gasteiger partial charge in [-0.1, -0.05) is 0 Å². The number of amides is 1. The molecule has 1 aromatic carbocycles. The van der Waals surface area contributed by atoms with Crippen molar-refractivity contribution in [2.45, 2.75) is 25.3 Å². The highest BCUT2D eigenvalue weighted by Gasteiger charge is 2.29. The van der Waals surface area contributed by atoms with Crippen molar-refractivity contribution in [2.24, 2.45) is 0 Å². The number of aromatic carboxylic acids is 1. The number of carboxylic acid groups (broad SMARTS) is 1. The van der Waals surface area contributed by atoms with E-state index >= 15 is 0 Å². The van der Waals surface area contributed by atoms with E-state index in [4.69, 9.17) is 4.74 Å². The van der Waals surface area contributed by atoms with E-state index in [0.717, 1.165) is 18.9 Å². The van der Waals surface area contributed by atoms with E-state index < -0.39 is 17.2 Å². The predicted octanol–water partition coefficient (Wildman–Crippen LogP) is 1.86. The number of carbonyl (C=O) groups is 2. The number of halogens is 1. The van der Waals surface area contributed by atoms with Crippen LogP contribution in [-0.4, -0.2) is 66.3 Å². The number of piperazine rings is 1. The Labute approximate surface area is 172 Å². The highest BCUT2D eigenvalue weighted by molar-refractivity contribution is 5.93. The monoisotopic (exact) mass is 417 g/mol. The topological polar surface area (TPSA) is 92.1 Å². The first-order valence-electron chi connectivity index (χ1n) is 10.0. The summed E-state index contributed by atoms with van der Waals surface area (Å²) in [5.41, 5.74) is -0.107. The molecule has 2 aliphatic rings. The van der Waals surface area contributed by atoms with Crippen LogP contribution in [0.15, 0.2) is 23.1 Å². The number of methoxy groups -OCH3 is 1. The molecule has 1 saturated heterocycles. The number of benzene rings is 1. The maximum atomic E-state index is 15.0. The fourth-order valence-electron chi connectivity index (χ4n) is 3.95. The smallest absolute Gasteiger partial charge is 0.341 e. The van der Waals surface area contributed by atoms with Gasteiger partial charge in [-0.05, 0) is 25.0 Å². The zero-order chi connectivity index (χ0) is 21.4. The molecule has 30 heavy (non-hydrogen) atoms. The fraction of sp³-hybridized carbons (Fsp3) is 0.476. The standard InChI is InChI=1S/C21H24FN3O5/c1-30-9-4-19(26)24-7-5-23(6-8-24)18-11-17-14(10-16(18)22)20(27)15(21(28)29)12-25(17)13-2-3-13/h10-13H,2-9H2,1H3,(H,28,29). The molecular formula is C21H24FN3O5. The van der Waals surface area contributed by atoms with Gasteiger partial charge < -0.3 is 24.2 Å². The summed E-state index contributed by atoms with van der Waals surface area (Å²) in [5, 5.41) is 9.43. The van der Waals surface area contributed by atoms with Crippen LogP contribution in [0, 0.1) is 5.82 Å². The average molecular weight is 417 g/mol. The van der Waals surface area contributed by atoms with Gasteiger partial charge in [0.15, 0.2) is 0 Å². The van der Waals surface area contributed by atoms with E-state index in [2.05, 4.69) is 0 Å². The van der Waals surface area contributed by atoms with Gasteiger partial charge in [-0.15, -0.1) is 0 Å². The summed E-state index contributed by atoms with van der Waals surface area (Å²) in [4.78, 5) is 39.8. The predicted molar refractivity (Wildman–Crippen MR) is 109 cm³/mol. The van der Waals surface area contributed by atoms with Gasteiger partial charge in [0.05, 0.1) is 24.2 Å². The number of pyridine rings is 1. The molecule has 0 spiro atoms. The lowest BCUT2D eigenvalue weighted by Gasteiger charge is -2.36. The first kappa shape index (κ1) is 20.3. The molecule has 0 bridgehead atoms. The zero-order valence-corrected chi connectivity index (χ0v) is 16.8. The molecule has 9 heteroatoms. The minimum atomic E-state index is -1.31. The number of anilines is 1. The number of carboxylic acids is 1. The van der Waals surface area contributed by atoms with Gasteiger partial charge in [0.1, 0.15) is 11.4 Å². The normalized spacial score (nSPS) is 16.9. The van der Waals surface area contributed by atoms with Gasteiger partial charge in [0.2, 0.25) is 11.3 Å². The lowest BCUT2D eigenvalue weighted by molar-refractivity contribution is -0.132. The molecule has 1 aliphatic carbocycles. The molecule has 1 aliphatic heterocycles. The molecule has 2 fully saturated rings. The Morgan fingerprint density at radius 1 is 1.20 bits per heavy atom. The van der Waals surface area contributed by atoms with Crippen LogP contribution in [0.3, 0.4) is 0 Å². The number of hydrogen-bond acceptors (Lipinski definition) is 5. The molecular weight excluding hydrogens is 393 g/mol. The number of ether oxygens (including phenoxy) is 1. The lowest BCUT2D eigenvalue weighted by atomic mass is 10.1. The van der Waals surface area contributed by atoms with E-state index in [1.807, 2.05) is 4.90 Å². The van der Waals surface area contributed by atoms with Crippen molar-refractivity contribution in [1.82, 2.24) is 9.47 Å². The van der Waals surface area contributed by atoms with Gasteiger partial charge >= 0.3 is 5.97 Å². The van der Waals surface area contributed by atoms with Gasteiger partial charge in [-0.2, -0.15) is 0 Å². The fourth-order valence-corrected chi connectivity index (χ4v) is 3.95. The Bertz CT molecular complexity index is 1050. The number of fused-ring (bicyclic) bond motifs is 1. The van der Waals surface area contributed by atoms with Crippen molar-refractivity contribution in [3.8, 4) is 0 Å². The summed E-state index contributed by atoms with van der Waals surface area (Å²) in [6.45, 7) is 2.28. The highest BCUT2D eigenvalue weighted by Crippen LogP contribution is 2.38. The van der Waals surface area contributed by atoms with Crippen molar-refractivity contribution in [3.63, 3.8) is 0 Å². The molecule has 1 saturated carbocycles. The molecule has 2 heterocycles. The van der Waals surface area contributed by atoms with Crippen molar-refractivity contribution < 1.29 is 23.8 Å². The molecule has 0 atom stereocenters. The largest absolute Gasteiger partial charge is 0.477 e. The van der Waals surface area contributed by atoms with Crippen molar-refractivity contribution >= 4 is 28.5 Å². The molecule has 8 nitrogen and oxygen atoms in total. The van der Waals surface area contributed by atoms with Crippen LogP contribution >= 0.6 is 0 Å². The summed E-state index contributed by atoms with van der Waals surface area (Å²) >= 11 is 0. The first-order chi connectivity index (χ1) is 14.4. The second kappa shape index (κ2) is 8.06. The molecule has 160 valence electrons. The highest BCUT2D eigenvalue weighted by atomic mass is 19.1. The van der Waals surface area contributed by atoms with Crippen LogP contribution in [0.2, 0.25) is 0 Å². The average Bonchev–Trinajstić information content (AvgIpc) is 3.57. The van der Waals surface area contributed by atoms with Gasteiger partial charge in [0.25, 0.3) is 0 Å². The molecule has 2 aromatic rings. The molecule has 1 amide bonds. The summed E-state index contributed by atoms with van der Waals surface area (Å²) in [6, 6.07) is 2.91. The van der Waals surface area contributed by atoms with Crippen molar-refractivity contribution in [2.75, 3.05) is 44.8 Å². The van der Waals surface area contributed by atoms with Crippen molar-refractivity contribution in [3.05, 3.63) is 39.9 Å². The molecule has 4 rings (SSSR count). The van der Waals surface area contributed by atoms with Crippen molar-refractivity contribution in [1.29, 1.82) is 0 Å². The van der Waals surface area contributed by atoms with E-state index in [1.165, 1.54) is 6.20 Å². The number of aromatic nitrogens is 1.